The van der Waals surface area contributed by atoms with Crippen molar-refractivity contribution < 1.29 is 27.8 Å². The van der Waals surface area contributed by atoms with E-state index in [9.17, 15) is 32.7 Å². The summed E-state index contributed by atoms with van der Waals surface area (Å²) in [5.74, 6) is -2.02. The van der Waals surface area contributed by atoms with E-state index in [4.69, 9.17) is 4.74 Å². The van der Waals surface area contributed by atoms with E-state index in [2.05, 4.69) is 0 Å². The summed E-state index contributed by atoms with van der Waals surface area (Å²) in [4.78, 5) is 37.6. The molecule has 0 aliphatic carbocycles. The highest BCUT2D eigenvalue weighted by molar-refractivity contribution is 6.04. The van der Waals surface area contributed by atoms with Gasteiger partial charge in [0.05, 0.1) is 7.11 Å². The van der Waals surface area contributed by atoms with E-state index in [0.29, 0.717) is 11.3 Å². The van der Waals surface area contributed by atoms with Crippen LogP contribution in [0.2, 0.25) is 0 Å². The van der Waals surface area contributed by atoms with Crippen molar-refractivity contribution in [2.45, 2.75) is 24.7 Å². The van der Waals surface area contributed by atoms with Gasteiger partial charge in [-0.3, -0.25) is 19.1 Å². The van der Waals surface area contributed by atoms with E-state index in [1.54, 1.807) is 29.2 Å². The number of carbonyl (C=O) groups excluding carboxylic acids is 1. The number of benzene rings is 1. The van der Waals surface area contributed by atoms with Crippen molar-refractivity contribution >= 4 is 11.7 Å². The normalized spacial score (nSPS) is 18.9. The van der Waals surface area contributed by atoms with E-state index in [-0.39, 0.29) is 13.0 Å². The highest BCUT2D eigenvalue weighted by Gasteiger charge is 2.66. The number of nitrogens with zero attached hydrogens (tertiary/aromatic N) is 1. The largest absolute Gasteiger partial charge is 0.496 e. The van der Waals surface area contributed by atoms with Crippen LogP contribution >= 0.6 is 0 Å². The van der Waals surface area contributed by atoms with Crippen LogP contribution in [0, 0.1) is 0 Å². The number of anilines is 1. The highest BCUT2D eigenvalue weighted by Crippen LogP contribution is 2.44. The van der Waals surface area contributed by atoms with Crippen LogP contribution in [0.3, 0.4) is 0 Å². The summed E-state index contributed by atoms with van der Waals surface area (Å²) in [7, 11) is 1.44. The van der Waals surface area contributed by atoms with Crippen LogP contribution in [0.25, 0.3) is 0 Å². The quantitative estimate of drug-likeness (QED) is 0.709. The summed E-state index contributed by atoms with van der Waals surface area (Å²) in [5, 5.41) is 11.7. The maximum atomic E-state index is 13.3. The van der Waals surface area contributed by atoms with Gasteiger partial charge < -0.3 is 15.2 Å². The average molecular weight is 385 g/mol. The van der Waals surface area contributed by atoms with Crippen molar-refractivity contribution in [3.05, 3.63) is 56.2 Å². The summed E-state index contributed by atoms with van der Waals surface area (Å²) >= 11 is 0. The van der Waals surface area contributed by atoms with Gasteiger partial charge in [0.25, 0.3) is 17.1 Å². The second kappa shape index (κ2) is 6.27. The van der Waals surface area contributed by atoms with Crippen LogP contribution in [0.5, 0.6) is 5.75 Å². The maximum absolute atomic E-state index is 13.3. The number of amides is 1. The van der Waals surface area contributed by atoms with Gasteiger partial charge in [-0.05, 0) is 18.1 Å². The topological polar surface area (TPSA) is 113 Å². The summed E-state index contributed by atoms with van der Waals surface area (Å²) in [6.45, 7) is -0.174. The molecule has 8 nitrogen and oxygen atoms in total. The monoisotopic (exact) mass is 385 g/mol. The lowest BCUT2D eigenvalue weighted by Crippen LogP contribution is -2.50. The zero-order valence-corrected chi connectivity index (χ0v) is 13.9. The first-order valence-corrected chi connectivity index (χ1v) is 7.71. The lowest BCUT2D eigenvalue weighted by molar-refractivity contribution is -0.252. The molecule has 1 aliphatic rings. The standard InChI is InChI=1S/C16H14F3N3O5/c1-27-9-5-3-2-4-8(9)6-7-22-11-10(12(23)21-14(22)25)15(26,13(24)20-11)16(17,18)19/h2-5,26H,6-7H2,1H3,(H,20,24)(H,21,23,25). The molecular formula is C16H14F3N3O5. The van der Waals surface area contributed by atoms with Crippen molar-refractivity contribution in [2.24, 2.45) is 0 Å². The van der Waals surface area contributed by atoms with Crippen LogP contribution in [0.4, 0.5) is 19.0 Å². The third-order valence-corrected chi connectivity index (χ3v) is 4.33. The Hall–Kier alpha value is -3.08. The minimum Gasteiger partial charge on any atom is -0.496 e. The SMILES string of the molecule is COc1ccccc1CCn1c2c(c(=O)[nH]c1=O)C(O)(C(F)(F)F)C(=O)N2. The number of rotatable bonds is 4. The van der Waals surface area contributed by atoms with E-state index in [1.165, 1.54) is 7.11 Å². The molecule has 0 saturated heterocycles. The molecular weight excluding hydrogens is 371 g/mol. The number of alkyl halides is 3. The van der Waals surface area contributed by atoms with Gasteiger partial charge in [0.15, 0.2) is 0 Å². The number of aliphatic hydroxyl groups is 1. The fourth-order valence-electron chi connectivity index (χ4n) is 2.97. The Morgan fingerprint density at radius 2 is 1.89 bits per heavy atom. The van der Waals surface area contributed by atoms with Gasteiger partial charge in [0.1, 0.15) is 17.1 Å². The lowest BCUT2D eigenvalue weighted by Gasteiger charge is -2.22. The number of H-pyrrole nitrogens is 1. The average Bonchev–Trinajstić information content (AvgIpc) is 2.87. The number of para-hydroxylation sites is 1. The molecule has 11 heteroatoms. The van der Waals surface area contributed by atoms with Crippen LogP contribution in [-0.4, -0.2) is 33.9 Å². The molecule has 144 valence electrons. The molecule has 1 aromatic carbocycles. The smallest absolute Gasteiger partial charge is 0.431 e. The zero-order chi connectivity index (χ0) is 20.0. The first kappa shape index (κ1) is 18.7. The Bertz CT molecular complexity index is 1030. The predicted octanol–water partition coefficient (Wildman–Crippen LogP) is 0.490. The number of hydrogen-bond acceptors (Lipinski definition) is 5. The molecule has 1 atom stereocenters. The van der Waals surface area contributed by atoms with Crippen molar-refractivity contribution in [3.63, 3.8) is 0 Å². The van der Waals surface area contributed by atoms with Gasteiger partial charge in [-0.25, -0.2) is 4.79 Å². The van der Waals surface area contributed by atoms with Crippen LogP contribution in [-0.2, 0) is 23.4 Å². The molecule has 0 bridgehead atoms. The number of ether oxygens (including phenoxy) is 1. The van der Waals surface area contributed by atoms with Gasteiger partial charge >= 0.3 is 11.9 Å². The summed E-state index contributed by atoms with van der Waals surface area (Å²) in [6.07, 6.45) is -5.29. The molecule has 3 N–H and O–H groups in total. The Labute approximate surface area is 149 Å². The summed E-state index contributed by atoms with van der Waals surface area (Å²) < 4.78 is 45.7. The molecule has 1 unspecified atom stereocenters. The summed E-state index contributed by atoms with van der Waals surface area (Å²) in [6, 6.07) is 6.79. The van der Waals surface area contributed by atoms with Crippen molar-refractivity contribution in [1.29, 1.82) is 0 Å². The molecule has 2 heterocycles. The Morgan fingerprint density at radius 3 is 2.52 bits per heavy atom. The number of nitrogens with one attached hydrogen (secondary N) is 2. The Morgan fingerprint density at radius 1 is 1.22 bits per heavy atom. The number of aromatic nitrogens is 2. The first-order valence-electron chi connectivity index (χ1n) is 7.71. The Kier molecular flexibility index (Phi) is 4.34. The van der Waals surface area contributed by atoms with Gasteiger partial charge in [-0.2, -0.15) is 13.2 Å². The molecule has 1 aliphatic heterocycles. The fraction of sp³-hybridized carbons (Fsp3) is 0.312. The number of carbonyl (C=O) groups is 1. The molecule has 0 saturated carbocycles. The molecule has 0 fully saturated rings. The third kappa shape index (κ3) is 2.79. The van der Waals surface area contributed by atoms with Crippen molar-refractivity contribution in [1.82, 2.24) is 9.55 Å². The second-order valence-corrected chi connectivity index (χ2v) is 5.86. The number of halogens is 3. The van der Waals surface area contributed by atoms with E-state index < -0.39 is 40.3 Å². The fourth-order valence-corrected chi connectivity index (χ4v) is 2.97. The molecule has 1 aromatic heterocycles. The Balaban J connectivity index is 2.09. The summed E-state index contributed by atoms with van der Waals surface area (Å²) in [5.41, 5.74) is -7.13. The first-order chi connectivity index (χ1) is 12.6. The second-order valence-electron chi connectivity index (χ2n) is 5.86. The number of fused-ring (bicyclic) bond motifs is 1. The van der Waals surface area contributed by atoms with Crippen molar-refractivity contribution in [3.8, 4) is 5.75 Å². The van der Waals surface area contributed by atoms with Gasteiger partial charge in [0.2, 0.25) is 0 Å². The molecule has 0 spiro atoms. The van der Waals surface area contributed by atoms with Crippen molar-refractivity contribution in [2.75, 3.05) is 12.4 Å². The van der Waals surface area contributed by atoms with Gasteiger partial charge in [0, 0.05) is 6.54 Å². The third-order valence-electron chi connectivity index (χ3n) is 4.33. The number of hydrogen-bond donors (Lipinski definition) is 3. The van der Waals surface area contributed by atoms with Gasteiger partial charge in [-0.1, -0.05) is 18.2 Å². The van der Waals surface area contributed by atoms with E-state index in [0.717, 1.165) is 4.57 Å². The number of aryl methyl sites for hydroxylation is 1. The van der Waals surface area contributed by atoms with Gasteiger partial charge in [-0.15, -0.1) is 0 Å². The molecule has 2 aromatic rings. The van der Waals surface area contributed by atoms with E-state index >= 15 is 0 Å². The lowest BCUT2D eigenvalue weighted by atomic mass is 9.97. The predicted molar refractivity (Wildman–Crippen MR) is 86.6 cm³/mol. The van der Waals surface area contributed by atoms with Crippen LogP contribution in [0.15, 0.2) is 33.9 Å². The number of methoxy groups -OCH3 is 1. The highest BCUT2D eigenvalue weighted by atomic mass is 19.4. The van der Waals surface area contributed by atoms with Crippen LogP contribution < -0.4 is 21.3 Å². The zero-order valence-electron chi connectivity index (χ0n) is 13.9. The molecule has 1 amide bonds. The van der Waals surface area contributed by atoms with Crippen LogP contribution in [0.1, 0.15) is 11.1 Å². The molecule has 27 heavy (non-hydrogen) atoms. The minimum absolute atomic E-state index is 0.155. The molecule has 3 rings (SSSR count). The number of aromatic amines is 1. The maximum Gasteiger partial charge on any atom is 0.431 e. The minimum atomic E-state index is -5.44. The molecule has 0 radical (unpaired) electrons. The van der Waals surface area contributed by atoms with E-state index in [1.807, 2.05) is 5.32 Å².